The predicted octanol–water partition coefficient (Wildman–Crippen LogP) is 4.78. The van der Waals surface area contributed by atoms with E-state index >= 15 is 0 Å². The third kappa shape index (κ3) is 3.80. The molecule has 1 aromatic rings. The van der Waals surface area contributed by atoms with Gasteiger partial charge in [0.1, 0.15) is 12.0 Å². The number of hydrogen-bond acceptors (Lipinski definition) is 0. The molecule has 1 rings (SSSR count). The van der Waals surface area contributed by atoms with Gasteiger partial charge >= 0.3 is 0 Å². The van der Waals surface area contributed by atoms with Gasteiger partial charge in [0.25, 0.3) is 2.27 Å². The highest BCUT2D eigenvalue weighted by Gasteiger charge is 2.41. The molecule has 0 aliphatic heterocycles. The summed E-state index contributed by atoms with van der Waals surface area (Å²) in [5.74, 6) is 0. The zero-order chi connectivity index (χ0) is 11.5. The Morgan fingerprint density at radius 1 is 1.13 bits per heavy atom. The average molecular weight is 466 g/mol. The van der Waals surface area contributed by atoms with Gasteiger partial charge in [0.05, 0.1) is 7.05 Å². The van der Waals surface area contributed by atoms with Crippen LogP contribution in [0, 0.1) is 0 Å². The van der Waals surface area contributed by atoms with Gasteiger partial charge in [-0.1, -0.05) is 30.3 Å². The first-order valence-electron chi connectivity index (χ1n) is 4.40. The molecule has 1 atom stereocenters. The Balaban J connectivity index is 2.87. The molecule has 1 aromatic carbocycles. The van der Waals surface area contributed by atoms with Crippen molar-refractivity contribution in [1.29, 1.82) is 0 Å². The van der Waals surface area contributed by atoms with E-state index < -0.39 is 0 Å². The summed E-state index contributed by atoms with van der Waals surface area (Å²) in [5, 5.41) is 0. The second-order valence-corrected chi connectivity index (χ2v) is 10.8. The molecule has 0 bridgehead atoms. The smallest absolute Gasteiger partial charge is 0.263 e. The van der Waals surface area contributed by atoms with Crippen molar-refractivity contribution >= 4 is 63.7 Å². The van der Waals surface area contributed by atoms with Crippen LogP contribution in [0.4, 0.5) is 0 Å². The van der Waals surface area contributed by atoms with Crippen LogP contribution in [0.3, 0.4) is 0 Å². The number of rotatable bonds is 3. The van der Waals surface area contributed by atoms with Gasteiger partial charge in [0.15, 0.2) is 0 Å². The third-order valence-corrected chi connectivity index (χ3v) is 5.93. The summed E-state index contributed by atoms with van der Waals surface area (Å²) in [6.07, 6.45) is 0. The monoisotopic (exact) mass is 462 g/mol. The lowest BCUT2D eigenvalue weighted by Gasteiger charge is -2.39. The molecule has 0 N–H and O–H groups in total. The highest BCUT2D eigenvalue weighted by Crippen LogP contribution is 2.44. The van der Waals surface area contributed by atoms with Crippen molar-refractivity contribution in [2.75, 3.05) is 12.5 Å². The molecule has 0 aromatic heterocycles. The molecule has 0 heterocycles. The van der Waals surface area contributed by atoms with Crippen molar-refractivity contribution in [2.45, 2.75) is 8.81 Å². The number of quaternary nitrogens is 1. The van der Waals surface area contributed by atoms with Crippen molar-refractivity contribution in [1.82, 2.24) is 0 Å². The highest BCUT2D eigenvalue weighted by atomic mass is 80.0. The highest BCUT2D eigenvalue weighted by molar-refractivity contribution is 9.39. The summed E-state index contributed by atoms with van der Waals surface area (Å²) in [5.41, 5.74) is 2.14. The SMILES string of the molecule is C[N+](CBr)(Cc1ccccc1)C(Br)(Br)Br. The minimum atomic E-state index is -0.313. The van der Waals surface area contributed by atoms with Crippen molar-refractivity contribution < 1.29 is 4.48 Å². The first kappa shape index (κ1) is 14.2. The van der Waals surface area contributed by atoms with E-state index in [-0.39, 0.29) is 2.27 Å². The van der Waals surface area contributed by atoms with Crippen LogP contribution >= 0.6 is 63.7 Å². The van der Waals surface area contributed by atoms with Crippen LogP contribution in [-0.4, -0.2) is 19.3 Å². The molecule has 0 saturated heterocycles. The quantitative estimate of drug-likeness (QED) is 0.342. The normalized spacial score (nSPS) is 16.1. The van der Waals surface area contributed by atoms with Gasteiger partial charge in [-0.05, 0) is 15.9 Å². The minimum Gasteiger partial charge on any atom is -0.282 e. The Labute approximate surface area is 124 Å². The topological polar surface area (TPSA) is 0 Å². The van der Waals surface area contributed by atoms with E-state index in [0.717, 1.165) is 16.5 Å². The summed E-state index contributed by atoms with van der Waals surface area (Å²) in [4.78, 5) is 0. The van der Waals surface area contributed by atoms with Gasteiger partial charge in [-0.3, -0.25) is 4.48 Å². The number of benzene rings is 1. The van der Waals surface area contributed by atoms with E-state index in [0.29, 0.717) is 0 Å². The minimum absolute atomic E-state index is 0.313. The predicted molar refractivity (Wildman–Crippen MR) is 79.6 cm³/mol. The van der Waals surface area contributed by atoms with E-state index in [1.54, 1.807) is 0 Å². The largest absolute Gasteiger partial charge is 0.282 e. The van der Waals surface area contributed by atoms with Gasteiger partial charge in [-0.2, -0.15) is 0 Å². The molecule has 84 valence electrons. The zero-order valence-electron chi connectivity index (χ0n) is 8.26. The first-order valence-corrected chi connectivity index (χ1v) is 7.90. The summed E-state index contributed by atoms with van der Waals surface area (Å²) < 4.78 is 0.434. The Hall–Kier alpha value is 1.10. The van der Waals surface area contributed by atoms with E-state index in [9.17, 15) is 0 Å². The van der Waals surface area contributed by atoms with Gasteiger partial charge in [-0.25, -0.2) is 0 Å². The molecule has 0 aliphatic carbocycles. The second kappa shape index (κ2) is 5.63. The maximum atomic E-state index is 3.59. The maximum Gasteiger partial charge on any atom is 0.263 e. The van der Waals surface area contributed by atoms with E-state index in [1.807, 2.05) is 6.07 Å². The third-order valence-electron chi connectivity index (χ3n) is 2.25. The van der Waals surface area contributed by atoms with E-state index in [1.165, 1.54) is 5.56 Å². The lowest BCUT2D eigenvalue weighted by Crippen LogP contribution is -2.50. The summed E-state index contributed by atoms with van der Waals surface area (Å²) >= 11 is 14.3. The van der Waals surface area contributed by atoms with Gasteiger partial charge in [-0.15, -0.1) is 0 Å². The molecular formula is C10H12Br4N+. The molecule has 0 spiro atoms. The van der Waals surface area contributed by atoms with Gasteiger partial charge in [0.2, 0.25) is 0 Å². The van der Waals surface area contributed by atoms with E-state index in [4.69, 9.17) is 0 Å². The molecule has 0 aliphatic rings. The fourth-order valence-corrected chi connectivity index (χ4v) is 3.50. The molecule has 0 amide bonds. The van der Waals surface area contributed by atoms with Crippen LogP contribution in [0.25, 0.3) is 0 Å². The number of nitrogens with zero attached hydrogens (tertiary/aromatic N) is 1. The Morgan fingerprint density at radius 3 is 2.07 bits per heavy atom. The first-order chi connectivity index (χ1) is 6.89. The molecule has 15 heavy (non-hydrogen) atoms. The molecule has 0 saturated carbocycles. The Morgan fingerprint density at radius 2 is 1.67 bits per heavy atom. The second-order valence-electron chi connectivity index (χ2n) is 3.63. The fraction of sp³-hybridized carbons (Fsp3) is 0.400. The fourth-order valence-electron chi connectivity index (χ4n) is 1.19. The lowest BCUT2D eigenvalue weighted by molar-refractivity contribution is -0.909. The Kier molecular flexibility index (Phi) is 5.31. The summed E-state index contributed by atoms with van der Waals surface area (Å²) in [6.45, 7) is 0.924. The van der Waals surface area contributed by atoms with Crippen LogP contribution in [-0.2, 0) is 6.54 Å². The van der Waals surface area contributed by atoms with Crippen LogP contribution in [0.5, 0.6) is 0 Å². The molecule has 1 nitrogen and oxygen atoms in total. The Bertz CT molecular complexity index is 309. The molecule has 0 radical (unpaired) electrons. The van der Waals surface area contributed by atoms with Gasteiger partial charge in [0, 0.05) is 53.4 Å². The van der Waals surface area contributed by atoms with Crippen molar-refractivity contribution in [2.24, 2.45) is 0 Å². The molecular weight excluding hydrogens is 454 g/mol. The average Bonchev–Trinajstić information content (AvgIpc) is 2.17. The van der Waals surface area contributed by atoms with Crippen molar-refractivity contribution in [3.63, 3.8) is 0 Å². The number of alkyl halides is 4. The van der Waals surface area contributed by atoms with Crippen LogP contribution < -0.4 is 0 Å². The van der Waals surface area contributed by atoms with Crippen LogP contribution in [0.1, 0.15) is 5.56 Å². The van der Waals surface area contributed by atoms with Crippen LogP contribution in [0.2, 0.25) is 0 Å². The van der Waals surface area contributed by atoms with Gasteiger partial charge < -0.3 is 0 Å². The van der Waals surface area contributed by atoms with Crippen LogP contribution in [0.15, 0.2) is 30.3 Å². The molecule has 0 fully saturated rings. The molecule has 1 unspecified atom stereocenters. The lowest BCUT2D eigenvalue weighted by atomic mass is 10.2. The molecule has 5 heteroatoms. The summed E-state index contributed by atoms with van der Waals surface area (Å²) in [6, 6.07) is 10.4. The zero-order valence-corrected chi connectivity index (χ0v) is 14.6. The van der Waals surface area contributed by atoms with E-state index in [2.05, 4.69) is 95.0 Å². The van der Waals surface area contributed by atoms with Crippen molar-refractivity contribution in [3.05, 3.63) is 35.9 Å². The number of hydrogen-bond donors (Lipinski definition) is 0. The number of halogens is 4. The summed E-state index contributed by atoms with van der Waals surface area (Å²) in [7, 11) is 2.15. The standard InChI is InChI=1S/C10H12Br4N/c1-15(8-11,10(12,13)14)7-9-5-3-2-4-6-9/h2-6H,7-8H2,1H3/q+1. The maximum absolute atomic E-state index is 3.59. The van der Waals surface area contributed by atoms with Crippen molar-refractivity contribution in [3.8, 4) is 0 Å².